The zero-order valence-corrected chi connectivity index (χ0v) is 14.6. The Morgan fingerprint density at radius 1 is 0.963 bits per heavy atom. The van der Waals surface area contributed by atoms with Gasteiger partial charge in [-0.2, -0.15) is 5.26 Å². The van der Waals surface area contributed by atoms with E-state index in [1.807, 2.05) is 48.5 Å². The number of rotatable bonds is 5. The van der Waals surface area contributed by atoms with Gasteiger partial charge in [0, 0.05) is 12.1 Å². The van der Waals surface area contributed by atoms with Crippen LogP contribution in [-0.4, -0.2) is 12.0 Å². The molecule has 5 nitrogen and oxygen atoms in total. The van der Waals surface area contributed by atoms with Gasteiger partial charge in [0.15, 0.2) is 0 Å². The minimum Gasteiger partial charge on any atom is -0.497 e. The molecule has 3 aromatic rings. The predicted octanol–water partition coefficient (Wildman–Crippen LogP) is 5.33. The molecule has 0 atom stereocenters. The zero-order chi connectivity index (χ0) is 19.2. The summed E-state index contributed by atoms with van der Waals surface area (Å²) in [5.74, 6) is 0.799. The van der Waals surface area contributed by atoms with Crippen LogP contribution < -0.4 is 4.74 Å². The Kier molecular flexibility index (Phi) is 5.29. The number of allylic oxidation sites excluding steroid dienone is 1. The molecule has 0 fully saturated rings. The van der Waals surface area contributed by atoms with E-state index in [4.69, 9.17) is 4.74 Å². The van der Waals surface area contributed by atoms with Crippen LogP contribution in [0.25, 0.3) is 22.8 Å². The minimum atomic E-state index is -0.448. The van der Waals surface area contributed by atoms with E-state index in [0.717, 1.165) is 28.0 Å². The maximum atomic E-state index is 10.7. The molecular formula is C22H16N2O3. The molecule has 0 spiro atoms. The lowest BCUT2D eigenvalue weighted by atomic mass is 9.99. The number of hydrogen-bond acceptors (Lipinski definition) is 4. The number of ether oxygens (including phenoxy) is 1. The summed E-state index contributed by atoms with van der Waals surface area (Å²) >= 11 is 0. The second-order valence-corrected chi connectivity index (χ2v) is 5.82. The Bertz CT molecular complexity index is 1010. The summed E-state index contributed by atoms with van der Waals surface area (Å²) in [6, 6.07) is 23.7. The quantitative estimate of drug-likeness (QED) is 0.268. The fourth-order valence-electron chi connectivity index (χ4n) is 2.66. The van der Waals surface area contributed by atoms with E-state index in [0.29, 0.717) is 5.57 Å². The van der Waals surface area contributed by atoms with E-state index < -0.39 is 4.92 Å². The van der Waals surface area contributed by atoms with Crippen LogP contribution in [0.1, 0.15) is 11.1 Å². The van der Waals surface area contributed by atoms with E-state index in [1.165, 1.54) is 12.1 Å². The molecule has 0 saturated carbocycles. The maximum absolute atomic E-state index is 10.7. The standard InChI is InChI=1S/C22H16N2O3/c1-27-22-12-8-18(9-13-22)17-4-6-19(7-5-17)20(15-23)14-16-2-10-21(11-3-16)24(25)26/h2-14H,1H3/b20-14-. The van der Waals surface area contributed by atoms with Crippen molar-refractivity contribution < 1.29 is 9.66 Å². The molecule has 0 aliphatic rings. The SMILES string of the molecule is COc1ccc(-c2ccc(/C(C#N)=C\c3ccc([N+](=O)[O-])cc3)cc2)cc1. The van der Waals surface area contributed by atoms with Crippen LogP contribution in [0.2, 0.25) is 0 Å². The predicted molar refractivity (Wildman–Crippen MR) is 105 cm³/mol. The fraction of sp³-hybridized carbons (Fsp3) is 0.0455. The number of methoxy groups -OCH3 is 1. The number of benzene rings is 3. The average molecular weight is 356 g/mol. The Labute approximate surface area is 156 Å². The van der Waals surface area contributed by atoms with Crippen LogP contribution >= 0.6 is 0 Å². The molecule has 0 aliphatic heterocycles. The highest BCUT2D eigenvalue weighted by Gasteiger charge is 2.06. The van der Waals surface area contributed by atoms with Gasteiger partial charge < -0.3 is 4.74 Å². The molecule has 0 aromatic heterocycles. The molecule has 132 valence electrons. The lowest BCUT2D eigenvalue weighted by Crippen LogP contribution is -1.87. The van der Waals surface area contributed by atoms with Gasteiger partial charge in [-0.05, 0) is 52.6 Å². The zero-order valence-electron chi connectivity index (χ0n) is 14.6. The third kappa shape index (κ3) is 4.20. The maximum Gasteiger partial charge on any atom is 0.269 e. The summed E-state index contributed by atoms with van der Waals surface area (Å²) in [6.45, 7) is 0. The van der Waals surface area contributed by atoms with Crippen molar-refractivity contribution >= 4 is 17.3 Å². The molecular weight excluding hydrogens is 340 g/mol. The first-order chi connectivity index (χ1) is 13.1. The van der Waals surface area contributed by atoms with Crippen molar-refractivity contribution in [2.24, 2.45) is 0 Å². The van der Waals surface area contributed by atoms with Crippen molar-refractivity contribution in [3.8, 4) is 22.9 Å². The second-order valence-electron chi connectivity index (χ2n) is 5.82. The molecule has 0 bridgehead atoms. The molecule has 3 rings (SSSR count). The molecule has 3 aromatic carbocycles. The Morgan fingerprint density at radius 2 is 1.52 bits per heavy atom. The number of nitro groups is 1. The van der Waals surface area contributed by atoms with Gasteiger partial charge in [0.1, 0.15) is 5.75 Å². The van der Waals surface area contributed by atoms with Gasteiger partial charge in [0.05, 0.1) is 23.7 Å². The number of nitrogens with zero attached hydrogens (tertiary/aromatic N) is 2. The molecule has 0 N–H and O–H groups in total. The number of nitro benzene ring substituents is 1. The summed E-state index contributed by atoms with van der Waals surface area (Å²) in [4.78, 5) is 10.3. The van der Waals surface area contributed by atoms with Crippen molar-refractivity contribution in [1.29, 1.82) is 5.26 Å². The topological polar surface area (TPSA) is 76.2 Å². The minimum absolute atomic E-state index is 0.0227. The van der Waals surface area contributed by atoms with Crippen molar-refractivity contribution in [1.82, 2.24) is 0 Å². The largest absolute Gasteiger partial charge is 0.497 e. The first-order valence-electron chi connectivity index (χ1n) is 8.22. The average Bonchev–Trinajstić information content (AvgIpc) is 2.72. The first kappa shape index (κ1) is 17.9. The number of nitriles is 1. The monoisotopic (exact) mass is 356 g/mol. The van der Waals surface area contributed by atoms with E-state index in [2.05, 4.69) is 6.07 Å². The third-order valence-electron chi connectivity index (χ3n) is 4.15. The lowest BCUT2D eigenvalue weighted by molar-refractivity contribution is -0.384. The van der Waals surface area contributed by atoms with Crippen LogP contribution in [-0.2, 0) is 0 Å². The lowest BCUT2D eigenvalue weighted by Gasteiger charge is -2.06. The Balaban J connectivity index is 1.85. The first-order valence-corrected chi connectivity index (χ1v) is 8.22. The fourth-order valence-corrected chi connectivity index (χ4v) is 2.66. The summed E-state index contributed by atoms with van der Waals surface area (Å²) in [5, 5.41) is 20.2. The van der Waals surface area contributed by atoms with Crippen molar-refractivity contribution in [2.45, 2.75) is 0 Å². The van der Waals surface area contributed by atoms with Crippen molar-refractivity contribution in [3.05, 3.63) is 94.0 Å². The smallest absolute Gasteiger partial charge is 0.269 e. The summed E-state index contributed by atoms with van der Waals surface area (Å²) in [6.07, 6.45) is 1.71. The van der Waals surface area contributed by atoms with Crippen LogP contribution in [0.3, 0.4) is 0 Å². The van der Waals surface area contributed by atoms with E-state index in [1.54, 1.807) is 25.3 Å². The molecule has 5 heteroatoms. The highest BCUT2D eigenvalue weighted by molar-refractivity contribution is 5.90. The molecule has 0 amide bonds. The van der Waals surface area contributed by atoms with E-state index in [-0.39, 0.29) is 5.69 Å². The summed E-state index contributed by atoms with van der Waals surface area (Å²) in [5.41, 5.74) is 4.12. The van der Waals surface area contributed by atoms with E-state index in [9.17, 15) is 15.4 Å². The molecule has 0 heterocycles. The summed E-state index contributed by atoms with van der Waals surface area (Å²) < 4.78 is 5.17. The number of hydrogen-bond donors (Lipinski definition) is 0. The highest BCUT2D eigenvalue weighted by atomic mass is 16.6. The van der Waals surface area contributed by atoms with Crippen molar-refractivity contribution in [2.75, 3.05) is 7.11 Å². The van der Waals surface area contributed by atoms with Gasteiger partial charge >= 0.3 is 0 Å². The van der Waals surface area contributed by atoms with Gasteiger partial charge in [-0.3, -0.25) is 10.1 Å². The van der Waals surface area contributed by atoms with Crippen LogP contribution in [0, 0.1) is 21.4 Å². The molecule has 0 unspecified atom stereocenters. The number of non-ortho nitro benzene ring substituents is 1. The summed E-state index contributed by atoms with van der Waals surface area (Å²) in [7, 11) is 1.63. The highest BCUT2D eigenvalue weighted by Crippen LogP contribution is 2.25. The molecule has 0 aliphatic carbocycles. The van der Waals surface area contributed by atoms with Gasteiger partial charge in [-0.15, -0.1) is 0 Å². The van der Waals surface area contributed by atoms with Crippen LogP contribution in [0.4, 0.5) is 5.69 Å². The molecule has 27 heavy (non-hydrogen) atoms. The van der Waals surface area contributed by atoms with Gasteiger partial charge in [-0.1, -0.05) is 36.4 Å². The van der Waals surface area contributed by atoms with Gasteiger partial charge in [0.2, 0.25) is 0 Å². The van der Waals surface area contributed by atoms with E-state index >= 15 is 0 Å². The second kappa shape index (κ2) is 7.98. The van der Waals surface area contributed by atoms with Crippen LogP contribution in [0.15, 0.2) is 72.8 Å². The molecule has 0 radical (unpaired) electrons. The van der Waals surface area contributed by atoms with Gasteiger partial charge in [-0.25, -0.2) is 0 Å². The molecule has 0 saturated heterocycles. The Hall–Kier alpha value is -3.91. The van der Waals surface area contributed by atoms with Gasteiger partial charge in [0.25, 0.3) is 5.69 Å². The van der Waals surface area contributed by atoms with Crippen molar-refractivity contribution in [3.63, 3.8) is 0 Å². The third-order valence-corrected chi connectivity index (χ3v) is 4.15. The normalized spacial score (nSPS) is 10.9. The Morgan fingerprint density at radius 3 is 2.00 bits per heavy atom. The van der Waals surface area contributed by atoms with Crippen LogP contribution in [0.5, 0.6) is 5.75 Å².